The Kier molecular flexibility index (Phi) is 10.3. The van der Waals surface area contributed by atoms with Gasteiger partial charge in [-0.05, 0) is 32.1 Å². The lowest BCUT2D eigenvalue weighted by Crippen LogP contribution is -2.39. The van der Waals surface area contributed by atoms with Crippen LogP contribution in [0.2, 0.25) is 0 Å². The van der Waals surface area contributed by atoms with Crippen molar-refractivity contribution < 1.29 is 28.6 Å². The number of likely N-dealkylation sites (N-methyl/N-ethyl adjacent to an activating group) is 1. The van der Waals surface area contributed by atoms with Crippen LogP contribution in [0.5, 0.6) is 5.75 Å². The van der Waals surface area contributed by atoms with Gasteiger partial charge in [0.2, 0.25) is 5.91 Å². The second-order valence-corrected chi connectivity index (χ2v) is 10.0. The first-order chi connectivity index (χ1) is 20.2. The van der Waals surface area contributed by atoms with E-state index >= 15 is 4.39 Å². The van der Waals surface area contributed by atoms with Gasteiger partial charge in [0.15, 0.2) is 24.0 Å². The molecule has 4 rings (SSSR count). The number of nitrogens with zero attached hydrogens (tertiary/aromatic N) is 5. The second-order valence-electron chi connectivity index (χ2n) is 10.0. The van der Waals surface area contributed by atoms with E-state index < -0.39 is 18.4 Å². The zero-order valence-corrected chi connectivity index (χ0v) is 24.2. The highest BCUT2D eigenvalue weighted by atomic mass is 19.1. The number of methoxy groups -OCH3 is 1. The summed E-state index contributed by atoms with van der Waals surface area (Å²) in [6.07, 6.45) is 1.12. The molecule has 2 aromatic carbocycles. The third kappa shape index (κ3) is 7.12. The van der Waals surface area contributed by atoms with Crippen molar-refractivity contribution in [1.82, 2.24) is 24.3 Å². The number of carboxylic acid groups (broad SMARTS) is 1. The molecule has 3 N–H and O–H groups in total. The van der Waals surface area contributed by atoms with Crippen molar-refractivity contribution in [3.63, 3.8) is 0 Å². The molecule has 0 atom stereocenters. The average molecular weight is 581 g/mol. The Bertz CT molecular complexity index is 1560. The quantitative estimate of drug-likeness (QED) is 0.217. The first kappa shape index (κ1) is 30.7. The minimum absolute atomic E-state index is 0.00744. The molecule has 0 spiro atoms. The van der Waals surface area contributed by atoms with E-state index in [-0.39, 0.29) is 30.3 Å². The van der Waals surface area contributed by atoms with E-state index in [9.17, 15) is 9.59 Å². The summed E-state index contributed by atoms with van der Waals surface area (Å²) >= 11 is 0. The Labute approximate surface area is 243 Å². The third-order valence-corrected chi connectivity index (χ3v) is 7.08. The van der Waals surface area contributed by atoms with Crippen LogP contribution in [0.4, 0.5) is 10.2 Å². The fraction of sp³-hybridized carbons (Fsp3) is 0.400. The van der Waals surface area contributed by atoms with Crippen molar-refractivity contribution in [3.8, 4) is 5.75 Å². The Morgan fingerprint density at radius 2 is 1.93 bits per heavy atom. The number of benzene rings is 2. The lowest BCUT2D eigenvalue weighted by atomic mass is 10.1. The zero-order chi connectivity index (χ0) is 30.2. The summed E-state index contributed by atoms with van der Waals surface area (Å²) in [5.41, 5.74) is 8.81. The smallest absolute Gasteiger partial charge is 0.341 e. The van der Waals surface area contributed by atoms with Gasteiger partial charge < -0.3 is 29.8 Å². The molecule has 224 valence electrons. The third-order valence-electron chi connectivity index (χ3n) is 7.08. The first-order valence-corrected chi connectivity index (χ1v) is 13.8. The predicted octanol–water partition coefficient (Wildman–Crippen LogP) is 3.33. The minimum Gasteiger partial charge on any atom is -0.479 e. The highest BCUT2D eigenvalue weighted by Crippen LogP contribution is 2.29. The summed E-state index contributed by atoms with van der Waals surface area (Å²) in [5, 5.41) is 9.84. The van der Waals surface area contributed by atoms with E-state index in [2.05, 4.69) is 9.55 Å². The fourth-order valence-electron chi connectivity index (χ4n) is 4.82. The Balaban J connectivity index is 1.62. The number of amides is 1. The molecule has 1 amide bonds. The molecule has 4 aromatic rings. The average Bonchev–Trinajstić information content (AvgIpc) is 3.34. The zero-order valence-electron chi connectivity index (χ0n) is 24.2. The maximum atomic E-state index is 15.2. The van der Waals surface area contributed by atoms with Gasteiger partial charge in [-0.25, -0.2) is 19.2 Å². The van der Waals surface area contributed by atoms with Crippen molar-refractivity contribution in [1.29, 1.82) is 0 Å². The summed E-state index contributed by atoms with van der Waals surface area (Å²) < 4.78 is 27.8. The standard InChI is InChI=1S/C30H37FN6O5/c1-4-35(2)18-25(38)36(17-20-9-7-12-23(27(20)31)42-19-26(39)40)14-8-15-37-24(13-16-41-3)34-28-29(37)21-10-5-6-11-22(21)33-30(28)32/h5-7,9-12H,4,8,13-19H2,1-3H3,(H2,32,33)(H,39,40). The number of fused-ring (bicyclic) bond motifs is 3. The molecular weight excluding hydrogens is 543 g/mol. The number of aliphatic carboxylic acids is 1. The molecule has 0 radical (unpaired) electrons. The monoisotopic (exact) mass is 580 g/mol. The number of para-hydroxylation sites is 1. The maximum Gasteiger partial charge on any atom is 0.341 e. The molecule has 0 saturated carbocycles. The van der Waals surface area contributed by atoms with Crippen LogP contribution in [-0.2, 0) is 33.8 Å². The number of nitrogens with two attached hydrogens (primary N) is 1. The normalized spacial score (nSPS) is 11.5. The molecular formula is C30H37FN6O5. The SMILES string of the molecule is CCN(C)CC(=O)N(CCCn1c(CCOC)nc2c(N)nc3ccccc3c21)Cc1cccc(OCC(=O)O)c1F. The number of carboxylic acids is 1. The number of hydrogen-bond donors (Lipinski definition) is 2. The lowest BCUT2D eigenvalue weighted by Gasteiger charge is -2.26. The van der Waals surface area contributed by atoms with E-state index in [0.29, 0.717) is 50.4 Å². The van der Waals surface area contributed by atoms with Crippen LogP contribution in [0.15, 0.2) is 42.5 Å². The van der Waals surface area contributed by atoms with Crippen molar-refractivity contribution in [2.24, 2.45) is 0 Å². The fourth-order valence-corrected chi connectivity index (χ4v) is 4.82. The van der Waals surface area contributed by atoms with Crippen LogP contribution in [0.1, 0.15) is 24.7 Å². The van der Waals surface area contributed by atoms with Crippen LogP contribution in [0, 0.1) is 5.82 Å². The summed E-state index contributed by atoms with van der Waals surface area (Å²) in [6, 6.07) is 12.3. The van der Waals surface area contributed by atoms with E-state index in [1.807, 2.05) is 43.1 Å². The number of nitrogen functional groups attached to an aromatic ring is 1. The molecule has 0 saturated heterocycles. The molecule has 2 aromatic heterocycles. The summed E-state index contributed by atoms with van der Waals surface area (Å²) in [5.74, 6) is -1.06. The van der Waals surface area contributed by atoms with Gasteiger partial charge in [0.1, 0.15) is 11.3 Å². The van der Waals surface area contributed by atoms with E-state index in [4.69, 9.17) is 25.3 Å². The number of hydrogen-bond acceptors (Lipinski definition) is 8. The summed E-state index contributed by atoms with van der Waals surface area (Å²) in [7, 11) is 3.48. The number of halogens is 1. The summed E-state index contributed by atoms with van der Waals surface area (Å²) in [4.78, 5) is 37.1. The minimum atomic E-state index is -1.21. The molecule has 42 heavy (non-hydrogen) atoms. The van der Waals surface area contributed by atoms with Crippen molar-refractivity contribution in [3.05, 3.63) is 59.7 Å². The molecule has 0 aliphatic carbocycles. The molecule has 12 heteroatoms. The second kappa shape index (κ2) is 14.1. The van der Waals surface area contributed by atoms with Gasteiger partial charge in [0.25, 0.3) is 0 Å². The molecule has 0 unspecified atom stereocenters. The molecule has 0 bridgehead atoms. The highest BCUT2D eigenvalue weighted by Gasteiger charge is 2.21. The molecule has 0 fully saturated rings. The van der Waals surface area contributed by atoms with Gasteiger partial charge in [-0.3, -0.25) is 9.69 Å². The van der Waals surface area contributed by atoms with Gasteiger partial charge >= 0.3 is 5.97 Å². The molecule has 2 heterocycles. The van der Waals surface area contributed by atoms with E-state index in [1.165, 1.54) is 6.07 Å². The van der Waals surface area contributed by atoms with Crippen molar-refractivity contribution >= 4 is 39.6 Å². The van der Waals surface area contributed by atoms with E-state index in [1.54, 1.807) is 24.1 Å². The number of pyridine rings is 1. The Hall–Kier alpha value is -4.29. The van der Waals surface area contributed by atoms with Crippen molar-refractivity contribution in [2.75, 3.05) is 52.7 Å². The Morgan fingerprint density at radius 1 is 1.14 bits per heavy atom. The van der Waals surface area contributed by atoms with Gasteiger partial charge in [-0.15, -0.1) is 0 Å². The number of aromatic nitrogens is 3. The number of carbonyl (C=O) groups is 2. The molecule has 0 aliphatic rings. The first-order valence-electron chi connectivity index (χ1n) is 13.8. The van der Waals surface area contributed by atoms with Gasteiger partial charge in [0, 0.05) is 44.1 Å². The van der Waals surface area contributed by atoms with Crippen molar-refractivity contribution in [2.45, 2.75) is 32.9 Å². The van der Waals surface area contributed by atoms with Crippen LogP contribution in [0.25, 0.3) is 21.9 Å². The Morgan fingerprint density at radius 3 is 2.67 bits per heavy atom. The van der Waals surface area contributed by atoms with Gasteiger partial charge in [-0.2, -0.15) is 0 Å². The maximum absolute atomic E-state index is 15.2. The lowest BCUT2D eigenvalue weighted by molar-refractivity contribution is -0.139. The van der Waals surface area contributed by atoms with Gasteiger partial charge in [-0.1, -0.05) is 37.3 Å². The predicted molar refractivity (Wildman–Crippen MR) is 158 cm³/mol. The molecule has 11 nitrogen and oxygen atoms in total. The van der Waals surface area contributed by atoms with Crippen LogP contribution in [0.3, 0.4) is 0 Å². The largest absolute Gasteiger partial charge is 0.479 e. The number of imidazole rings is 1. The summed E-state index contributed by atoms with van der Waals surface area (Å²) in [6.45, 7) is 3.50. The number of carbonyl (C=O) groups excluding carboxylic acids is 1. The highest BCUT2D eigenvalue weighted by molar-refractivity contribution is 6.06. The van der Waals surface area contributed by atoms with Crippen LogP contribution in [-0.4, -0.2) is 88.3 Å². The van der Waals surface area contributed by atoms with Crippen LogP contribution >= 0.6 is 0 Å². The molecule has 0 aliphatic heterocycles. The van der Waals surface area contributed by atoms with Gasteiger partial charge in [0.05, 0.1) is 24.2 Å². The van der Waals surface area contributed by atoms with E-state index in [0.717, 1.165) is 22.2 Å². The number of rotatable bonds is 15. The number of aryl methyl sites for hydroxylation is 1. The van der Waals surface area contributed by atoms with Crippen LogP contribution < -0.4 is 10.5 Å². The topological polar surface area (TPSA) is 136 Å². The number of anilines is 1. The number of ether oxygens (including phenoxy) is 2.